The van der Waals surface area contributed by atoms with E-state index in [1.165, 1.54) is 11.3 Å². The summed E-state index contributed by atoms with van der Waals surface area (Å²) in [6.07, 6.45) is 5.48. The number of amidine groups is 1. The molecule has 0 radical (unpaired) electrons. The minimum absolute atomic E-state index is 0.187. The van der Waals surface area contributed by atoms with Gasteiger partial charge < -0.3 is 10.6 Å². The third-order valence-corrected chi connectivity index (χ3v) is 3.36. The van der Waals surface area contributed by atoms with Crippen molar-refractivity contribution in [3.05, 3.63) is 17.6 Å². The highest BCUT2D eigenvalue weighted by Crippen LogP contribution is 2.28. The molecule has 2 rings (SSSR count). The number of nitrogens with one attached hydrogen (secondary N) is 1. The van der Waals surface area contributed by atoms with Gasteiger partial charge in [-0.15, -0.1) is 0 Å². The first-order chi connectivity index (χ1) is 8.09. The Balaban J connectivity index is 2.22. The molecular formula is C12H19N5. The molecular weight excluding hydrogens is 214 g/mol. The highest BCUT2D eigenvalue weighted by molar-refractivity contribution is 5.78. The van der Waals surface area contributed by atoms with Gasteiger partial charge in [0.25, 0.3) is 0 Å². The van der Waals surface area contributed by atoms with Crippen LogP contribution in [0.1, 0.15) is 31.0 Å². The molecule has 0 bridgehead atoms. The van der Waals surface area contributed by atoms with Crippen LogP contribution < -0.4 is 10.6 Å². The highest BCUT2D eigenvalue weighted by atomic mass is 15.2. The molecule has 1 atom stereocenters. The molecule has 0 amide bonds. The van der Waals surface area contributed by atoms with Crippen LogP contribution in [-0.2, 0) is 12.8 Å². The predicted molar refractivity (Wildman–Crippen MR) is 68.5 cm³/mol. The maximum atomic E-state index is 7.35. The van der Waals surface area contributed by atoms with E-state index in [0.29, 0.717) is 6.42 Å². The largest absolute Gasteiger partial charge is 0.388 e. The Kier molecular flexibility index (Phi) is 3.26. The Bertz CT molecular complexity index is 429. The van der Waals surface area contributed by atoms with Crippen LogP contribution in [0.15, 0.2) is 6.33 Å². The molecule has 1 aromatic rings. The second-order valence-corrected chi connectivity index (χ2v) is 4.67. The third-order valence-electron chi connectivity index (χ3n) is 3.36. The monoisotopic (exact) mass is 233 g/mol. The van der Waals surface area contributed by atoms with Gasteiger partial charge in [0.2, 0.25) is 0 Å². The minimum atomic E-state index is 0.187. The van der Waals surface area contributed by atoms with Gasteiger partial charge in [0.15, 0.2) is 0 Å². The van der Waals surface area contributed by atoms with Crippen LogP contribution in [0.2, 0.25) is 0 Å². The fourth-order valence-electron chi connectivity index (χ4n) is 2.31. The van der Waals surface area contributed by atoms with Gasteiger partial charge in [-0.25, -0.2) is 9.97 Å². The number of anilines is 1. The van der Waals surface area contributed by atoms with Crippen molar-refractivity contribution < 1.29 is 0 Å². The maximum absolute atomic E-state index is 7.35. The van der Waals surface area contributed by atoms with Crippen molar-refractivity contribution in [2.75, 3.05) is 11.9 Å². The van der Waals surface area contributed by atoms with E-state index < -0.39 is 0 Å². The lowest BCUT2D eigenvalue weighted by Crippen LogP contribution is -2.34. The number of nitrogens with two attached hydrogens (primary N) is 1. The number of rotatable bonds is 4. The van der Waals surface area contributed by atoms with E-state index in [9.17, 15) is 0 Å². The fourth-order valence-corrected chi connectivity index (χ4v) is 2.31. The summed E-state index contributed by atoms with van der Waals surface area (Å²) in [7, 11) is 2.01. The molecule has 17 heavy (non-hydrogen) atoms. The van der Waals surface area contributed by atoms with Crippen LogP contribution in [0.4, 0.5) is 5.82 Å². The quantitative estimate of drug-likeness (QED) is 0.603. The lowest BCUT2D eigenvalue weighted by atomic mass is 10.1. The molecule has 3 N–H and O–H groups in total. The van der Waals surface area contributed by atoms with Crippen LogP contribution in [0, 0.1) is 5.41 Å². The Labute approximate surface area is 102 Å². The van der Waals surface area contributed by atoms with Crippen molar-refractivity contribution in [2.24, 2.45) is 5.73 Å². The predicted octanol–water partition coefficient (Wildman–Crippen LogP) is 1.12. The molecule has 0 spiro atoms. The second-order valence-electron chi connectivity index (χ2n) is 4.67. The number of hydrogen-bond donors (Lipinski definition) is 2. The summed E-state index contributed by atoms with van der Waals surface area (Å²) in [4.78, 5) is 10.8. The first-order valence-electron chi connectivity index (χ1n) is 5.98. The van der Waals surface area contributed by atoms with Gasteiger partial charge >= 0.3 is 0 Å². The van der Waals surface area contributed by atoms with Gasteiger partial charge in [-0.05, 0) is 26.2 Å². The Morgan fingerprint density at radius 3 is 3.00 bits per heavy atom. The molecule has 1 unspecified atom stereocenters. The minimum Gasteiger partial charge on any atom is -0.388 e. The van der Waals surface area contributed by atoms with Crippen LogP contribution in [0.25, 0.3) is 0 Å². The van der Waals surface area contributed by atoms with Crippen molar-refractivity contribution in [3.8, 4) is 0 Å². The summed E-state index contributed by atoms with van der Waals surface area (Å²) < 4.78 is 0. The number of hydrogen-bond acceptors (Lipinski definition) is 4. The number of aromatic nitrogens is 2. The van der Waals surface area contributed by atoms with E-state index in [2.05, 4.69) is 21.8 Å². The first kappa shape index (κ1) is 11.8. The van der Waals surface area contributed by atoms with E-state index >= 15 is 0 Å². The Morgan fingerprint density at radius 1 is 1.53 bits per heavy atom. The Hall–Kier alpha value is -1.65. The van der Waals surface area contributed by atoms with Gasteiger partial charge in [0.1, 0.15) is 12.1 Å². The van der Waals surface area contributed by atoms with Crippen LogP contribution in [0.3, 0.4) is 0 Å². The summed E-state index contributed by atoms with van der Waals surface area (Å²) in [5, 5.41) is 7.35. The standard InChI is InChI=1S/C12H19N5/c1-8(6-11(13)14)17(2)12-9-4-3-5-10(9)15-7-16-12/h7-8H,3-6H2,1-2H3,(H3,13,14). The lowest BCUT2D eigenvalue weighted by molar-refractivity contribution is 0.694. The van der Waals surface area contributed by atoms with E-state index in [0.717, 1.165) is 25.1 Å². The summed E-state index contributed by atoms with van der Waals surface area (Å²) in [5.74, 6) is 1.22. The van der Waals surface area contributed by atoms with Gasteiger partial charge in [-0.3, -0.25) is 5.41 Å². The third kappa shape index (κ3) is 2.38. The number of nitrogens with zero attached hydrogens (tertiary/aromatic N) is 3. The molecule has 0 aromatic carbocycles. The van der Waals surface area contributed by atoms with E-state index in [-0.39, 0.29) is 11.9 Å². The molecule has 92 valence electrons. The number of fused-ring (bicyclic) bond motifs is 1. The van der Waals surface area contributed by atoms with Crippen molar-refractivity contribution in [1.82, 2.24) is 9.97 Å². The van der Waals surface area contributed by atoms with E-state index in [1.807, 2.05) is 7.05 Å². The lowest BCUT2D eigenvalue weighted by Gasteiger charge is -2.27. The molecule has 1 aliphatic rings. The van der Waals surface area contributed by atoms with Gasteiger partial charge in [-0.2, -0.15) is 0 Å². The molecule has 0 fully saturated rings. The maximum Gasteiger partial charge on any atom is 0.135 e. The van der Waals surface area contributed by atoms with Gasteiger partial charge in [-0.1, -0.05) is 0 Å². The molecule has 5 nitrogen and oxygen atoms in total. The highest BCUT2D eigenvalue weighted by Gasteiger charge is 2.21. The molecule has 5 heteroatoms. The van der Waals surface area contributed by atoms with Crippen LogP contribution >= 0.6 is 0 Å². The van der Waals surface area contributed by atoms with E-state index in [4.69, 9.17) is 11.1 Å². The summed E-state index contributed by atoms with van der Waals surface area (Å²) in [6.45, 7) is 2.06. The Morgan fingerprint density at radius 2 is 2.29 bits per heavy atom. The average Bonchev–Trinajstić information content (AvgIpc) is 2.74. The van der Waals surface area contributed by atoms with Crippen molar-refractivity contribution >= 4 is 11.7 Å². The zero-order valence-corrected chi connectivity index (χ0v) is 10.4. The summed E-state index contributed by atoms with van der Waals surface area (Å²) in [5.41, 5.74) is 7.89. The van der Waals surface area contributed by atoms with Crippen LogP contribution in [0.5, 0.6) is 0 Å². The topological polar surface area (TPSA) is 78.9 Å². The fraction of sp³-hybridized carbons (Fsp3) is 0.583. The average molecular weight is 233 g/mol. The van der Waals surface area contributed by atoms with Gasteiger partial charge in [0, 0.05) is 30.8 Å². The van der Waals surface area contributed by atoms with E-state index in [1.54, 1.807) is 6.33 Å². The summed E-state index contributed by atoms with van der Waals surface area (Å²) >= 11 is 0. The summed E-state index contributed by atoms with van der Waals surface area (Å²) in [6, 6.07) is 0.187. The molecule has 1 heterocycles. The SMILES string of the molecule is CC(CC(=N)N)N(C)c1ncnc2c1CCC2. The van der Waals surface area contributed by atoms with Crippen molar-refractivity contribution in [1.29, 1.82) is 5.41 Å². The van der Waals surface area contributed by atoms with Crippen LogP contribution in [-0.4, -0.2) is 28.9 Å². The molecule has 0 saturated heterocycles. The molecule has 0 saturated carbocycles. The zero-order chi connectivity index (χ0) is 12.4. The zero-order valence-electron chi connectivity index (χ0n) is 10.4. The molecule has 0 aliphatic heterocycles. The van der Waals surface area contributed by atoms with Crippen molar-refractivity contribution in [3.63, 3.8) is 0 Å². The smallest absolute Gasteiger partial charge is 0.135 e. The normalized spacial score (nSPS) is 15.4. The second kappa shape index (κ2) is 4.69. The first-order valence-corrected chi connectivity index (χ1v) is 5.98. The van der Waals surface area contributed by atoms with Gasteiger partial charge in [0.05, 0.1) is 5.84 Å². The number of aryl methyl sites for hydroxylation is 1. The molecule has 1 aliphatic carbocycles. The molecule has 1 aromatic heterocycles. The van der Waals surface area contributed by atoms with Crippen molar-refractivity contribution in [2.45, 2.75) is 38.6 Å².